The first-order valence-corrected chi connectivity index (χ1v) is 5.60. The Hall–Kier alpha value is -0.210. The van der Waals surface area contributed by atoms with Crippen LogP contribution in [0.25, 0.3) is 0 Å². The molecule has 0 bridgehead atoms. The third-order valence-electron chi connectivity index (χ3n) is 1.80. The lowest BCUT2D eigenvalue weighted by molar-refractivity contribution is 0.834. The lowest BCUT2D eigenvalue weighted by atomic mass is 10.3. The van der Waals surface area contributed by atoms with Gasteiger partial charge in [0.2, 0.25) is 0 Å². The SMILES string of the molecule is CCCCNc1cccc(Br)c1Cl. The van der Waals surface area contributed by atoms with Gasteiger partial charge in [-0.1, -0.05) is 31.0 Å². The number of hydrogen-bond donors (Lipinski definition) is 1. The number of rotatable bonds is 4. The fourth-order valence-electron chi connectivity index (χ4n) is 1.04. The number of halogens is 2. The first-order valence-electron chi connectivity index (χ1n) is 4.43. The van der Waals surface area contributed by atoms with Gasteiger partial charge in [-0.05, 0) is 34.5 Å². The van der Waals surface area contributed by atoms with Crippen molar-refractivity contribution < 1.29 is 0 Å². The predicted molar refractivity (Wildman–Crippen MR) is 62.5 cm³/mol. The summed E-state index contributed by atoms with van der Waals surface area (Å²) in [5, 5.41) is 4.06. The second kappa shape index (κ2) is 5.51. The van der Waals surface area contributed by atoms with Crippen molar-refractivity contribution in [1.82, 2.24) is 0 Å². The van der Waals surface area contributed by atoms with E-state index in [1.165, 1.54) is 12.8 Å². The minimum Gasteiger partial charge on any atom is -0.384 e. The molecule has 1 aromatic carbocycles. The average molecular weight is 263 g/mol. The molecule has 1 N–H and O–H groups in total. The number of unbranched alkanes of at least 4 members (excludes halogenated alkanes) is 1. The zero-order chi connectivity index (χ0) is 9.68. The van der Waals surface area contributed by atoms with E-state index in [2.05, 4.69) is 28.2 Å². The van der Waals surface area contributed by atoms with Gasteiger partial charge in [0.05, 0.1) is 10.7 Å². The molecule has 0 aromatic heterocycles. The van der Waals surface area contributed by atoms with Crippen LogP contribution in [-0.2, 0) is 0 Å². The second-order valence-corrected chi connectivity index (χ2v) is 4.11. The first kappa shape index (κ1) is 10.9. The molecule has 0 radical (unpaired) electrons. The number of anilines is 1. The monoisotopic (exact) mass is 261 g/mol. The number of hydrogen-bond acceptors (Lipinski definition) is 1. The Balaban J connectivity index is 2.61. The summed E-state index contributed by atoms with van der Waals surface area (Å²) in [5.41, 5.74) is 1.00. The maximum Gasteiger partial charge on any atom is 0.0779 e. The minimum atomic E-state index is 0.763. The Bertz CT molecular complexity index is 276. The largest absolute Gasteiger partial charge is 0.384 e. The van der Waals surface area contributed by atoms with Crippen molar-refractivity contribution in [3.63, 3.8) is 0 Å². The third kappa shape index (κ3) is 3.20. The van der Waals surface area contributed by atoms with E-state index < -0.39 is 0 Å². The van der Waals surface area contributed by atoms with E-state index >= 15 is 0 Å². The minimum absolute atomic E-state index is 0.763. The van der Waals surface area contributed by atoms with Crippen molar-refractivity contribution in [3.05, 3.63) is 27.7 Å². The molecule has 0 aliphatic rings. The zero-order valence-corrected chi connectivity index (χ0v) is 9.95. The fraction of sp³-hybridized carbons (Fsp3) is 0.400. The van der Waals surface area contributed by atoms with E-state index in [-0.39, 0.29) is 0 Å². The summed E-state index contributed by atoms with van der Waals surface area (Å²) in [6, 6.07) is 5.90. The Kier molecular flexibility index (Phi) is 4.60. The summed E-state index contributed by atoms with van der Waals surface area (Å²) in [6.45, 7) is 3.15. The highest BCUT2D eigenvalue weighted by atomic mass is 79.9. The molecule has 1 rings (SSSR count). The Labute approximate surface area is 92.6 Å². The van der Waals surface area contributed by atoms with E-state index in [4.69, 9.17) is 11.6 Å². The maximum absolute atomic E-state index is 6.06. The van der Waals surface area contributed by atoms with Crippen LogP contribution in [0.4, 0.5) is 5.69 Å². The van der Waals surface area contributed by atoms with E-state index in [1.807, 2.05) is 18.2 Å². The molecule has 0 spiro atoms. The molecular weight excluding hydrogens is 249 g/mol. The van der Waals surface area contributed by atoms with Crippen LogP contribution in [0, 0.1) is 0 Å². The summed E-state index contributed by atoms with van der Waals surface area (Å²) in [7, 11) is 0. The van der Waals surface area contributed by atoms with Gasteiger partial charge in [-0.2, -0.15) is 0 Å². The molecule has 1 nitrogen and oxygen atoms in total. The summed E-state index contributed by atoms with van der Waals surface area (Å²) < 4.78 is 0.940. The third-order valence-corrected chi connectivity index (χ3v) is 3.09. The molecular formula is C10H13BrClN. The normalized spacial score (nSPS) is 10.1. The van der Waals surface area contributed by atoms with Crippen molar-refractivity contribution in [2.75, 3.05) is 11.9 Å². The van der Waals surface area contributed by atoms with Crippen LogP contribution in [-0.4, -0.2) is 6.54 Å². The van der Waals surface area contributed by atoms with Gasteiger partial charge in [0, 0.05) is 11.0 Å². The molecule has 0 aliphatic carbocycles. The van der Waals surface area contributed by atoms with E-state index in [1.54, 1.807) is 0 Å². The standard InChI is InChI=1S/C10H13BrClN/c1-2-3-7-13-9-6-4-5-8(11)10(9)12/h4-6,13H,2-3,7H2,1H3. The lowest BCUT2D eigenvalue weighted by Crippen LogP contribution is -2.01. The molecule has 0 atom stereocenters. The Morgan fingerprint density at radius 3 is 2.92 bits per heavy atom. The summed E-state index contributed by atoms with van der Waals surface area (Å²) in [5.74, 6) is 0. The van der Waals surface area contributed by atoms with Gasteiger partial charge in [0.25, 0.3) is 0 Å². The topological polar surface area (TPSA) is 12.0 Å². The van der Waals surface area contributed by atoms with E-state index in [0.717, 1.165) is 21.7 Å². The molecule has 0 saturated carbocycles. The summed E-state index contributed by atoms with van der Waals surface area (Å²) in [6.07, 6.45) is 2.36. The molecule has 0 fully saturated rings. The van der Waals surface area contributed by atoms with Crippen LogP contribution in [0.5, 0.6) is 0 Å². The van der Waals surface area contributed by atoms with Gasteiger partial charge < -0.3 is 5.32 Å². The van der Waals surface area contributed by atoms with Crippen molar-refractivity contribution in [2.45, 2.75) is 19.8 Å². The molecule has 0 unspecified atom stereocenters. The van der Waals surface area contributed by atoms with Crippen molar-refractivity contribution in [2.24, 2.45) is 0 Å². The fourth-order valence-corrected chi connectivity index (χ4v) is 1.60. The highest BCUT2D eigenvalue weighted by molar-refractivity contribution is 9.10. The predicted octanol–water partition coefficient (Wildman–Crippen LogP) is 4.31. The molecule has 72 valence electrons. The lowest BCUT2D eigenvalue weighted by Gasteiger charge is -2.08. The van der Waals surface area contributed by atoms with Crippen LogP contribution in [0.2, 0.25) is 5.02 Å². The smallest absolute Gasteiger partial charge is 0.0779 e. The molecule has 1 aromatic rings. The van der Waals surface area contributed by atoms with Gasteiger partial charge in [0.1, 0.15) is 0 Å². The van der Waals surface area contributed by atoms with Crippen molar-refractivity contribution in [3.8, 4) is 0 Å². The molecule has 0 heterocycles. The van der Waals surface area contributed by atoms with Gasteiger partial charge >= 0.3 is 0 Å². The Morgan fingerprint density at radius 1 is 1.46 bits per heavy atom. The summed E-state index contributed by atoms with van der Waals surface area (Å²) >= 11 is 9.45. The van der Waals surface area contributed by atoms with Gasteiger partial charge in [-0.15, -0.1) is 0 Å². The van der Waals surface area contributed by atoms with Crippen molar-refractivity contribution >= 4 is 33.2 Å². The zero-order valence-electron chi connectivity index (χ0n) is 7.61. The van der Waals surface area contributed by atoms with Crippen LogP contribution < -0.4 is 5.32 Å². The molecule has 13 heavy (non-hydrogen) atoms. The van der Waals surface area contributed by atoms with Crippen LogP contribution >= 0.6 is 27.5 Å². The maximum atomic E-state index is 6.06. The summed E-state index contributed by atoms with van der Waals surface area (Å²) in [4.78, 5) is 0. The molecule has 0 aliphatic heterocycles. The molecule has 3 heteroatoms. The van der Waals surface area contributed by atoms with Crippen molar-refractivity contribution in [1.29, 1.82) is 0 Å². The van der Waals surface area contributed by atoms with E-state index in [9.17, 15) is 0 Å². The second-order valence-electron chi connectivity index (χ2n) is 2.88. The number of nitrogens with one attached hydrogen (secondary N) is 1. The highest BCUT2D eigenvalue weighted by Crippen LogP contribution is 2.29. The molecule has 0 amide bonds. The van der Waals surface area contributed by atoms with Crippen LogP contribution in [0.1, 0.15) is 19.8 Å². The van der Waals surface area contributed by atoms with Gasteiger partial charge in [0.15, 0.2) is 0 Å². The Morgan fingerprint density at radius 2 is 2.23 bits per heavy atom. The quantitative estimate of drug-likeness (QED) is 0.797. The number of benzene rings is 1. The van der Waals surface area contributed by atoms with Crippen LogP contribution in [0.15, 0.2) is 22.7 Å². The van der Waals surface area contributed by atoms with E-state index in [0.29, 0.717) is 0 Å². The molecule has 0 saturated heterocycles. The van der Waals surface area contributed by atoms with Gasteiger partial charge in [-0.3, -0.25) is 0 Å². The van der Waals surface area contributed by atoms with Crippen LogP contribution in [0.3, 0.4) is 0 Å². The highest BCUT2D eigenvalue weighted by Gasteiger charge is 2.01. The first-order chi connectivity index (χ1) is 6.25. The van der Waals surface area contributed by atoms with Gasteiger partial charge in [-0.25, -0.2) is 0 Å². The average Bonchev–Trinajstić information content (AvgIpc) is 2.13.